The van der Waals surface area contributed by atoms with Crippen LogP contribution in [-0.4, -0.2) is 38.7 Å². The zero-order valence-electron chi connectivity index (χ0n) is 22.4. The van der Waals surface area contributed by atoms with Gasteiger partial charge in [0.15, 0.2) is 0 Å². The average Bonchev–Trinajstić information content (AvgIpc) is 3.06. The van der Waals surface area contributed by atoms with E-state index in [9.17, 15) is 13.6 Å². The van der Waals surface area contributed by atoms with Crippen LogP contribution < -0.4 is 5.69 Å². The van der Waals surface area contributed by atoms with E-state index >= 15 is 0 Å². The van der Waals surface area contributed by atoms with Gasteiger partial charge in [0.25, 0.3) is 5.92 Å². The van der Waals surface area contributed by atoms with Gasteiger partial charge in [-0.15, -0.1) is 11.1 Å². The minimum Gasteiger partial charge on any atom is -0.300 e. The van der Waals surface area contributed by atoms with Gasteiger partial charge in [-0.1, -0.05) is 33.8 Å². The highest BCUT2D eigenvalue weighted by Crippen LogP contribution is 2.66. The number of nitrogens with zero attached hydrogens (tertiary/aromatic N) is 3. The molecule has 36 heavy (non-hydrogen) atoms. The second kappa shape index (κ2) is 8.20. The van der Waals surface area contributed by atoms with E-state index in [1.54, 1.807) is 0 Å². The Labute approximate surface area is 216 Å². The molecule has 0 N–H and O–H groups in total. The molecule has 0 amide bonds. The van der Waals surface area contributed by atoms with Gasteiger partial charge in [0.1, 0.15) is 0 Å². The molecule has 0 radical (unpaired) electrons. The van der Waals surface area contributed by atoms with Crippen LogP contribution in [0.2, 0.25) is 0 Å². The van der Waals surface area contributed by atoms with Gasteiger partial charge in [-0.2, -0.15) is 0 Å². The number of hydrogen-bond donors (Lipinski definition) is 1. The van der Waals surface area contributed by atoms with E-state index in [-0.39, 0.29) is 17.1 Å². The molecule has 4 fully saturated rings. The zero-order valence-corrected chi connectivity index (χ0v) is 23.3. The lowest BCUT2D eigenvalue weighted by molar-refractivity contribution is 0.0682. The van der Waals surface area contributed by atoms with Gasteiger partial charge in [-0.3, -0.25) is 8.54 Å². The molecule has 7 heteroatoms. The van der Waals surface area contributed by atoms with Crippen LogP contribution in [0.1, 0.15) is 82.5 Å². The molecular weight excluding hydrogens is 476 g/mol. The summed E-state index contributed by atoms with van der Waals surface area (Å²) in [4.78, 5) is 17.5. The molecule has 3 unspecified atom stereocenters. The number of rotatable bonds is 5. The maximum absolute atomic E-state index is 14.7. The van der Waals surface area contributed by atoms with Crippen LogP contribution >= 0.6 is 11.1 Å². The molecule has 2 bridgehead atoms. The smallest absolute Gasteiger partial charge is 0.300 e. The number of hydrogen-bond acceptors (Lipinski definition) is 2. The molecular formula is C29H41F2N3OS. The first-order chi connectivity index (χ1) is 17.0. The van der Waals surface area contributed by atoms with Gasteiger partial charge in [-0.05, 0) is 92.5 Å². The number of thiol groups is 1. The first-order valence-electron chi connectivity index (χ1n) is 13.8. The van der Waals surface area contributed by atoms with Crippen LogP contribution in [0.15, 0.2) is 34.1 Å². The summed E-state index contributed by atoms with van der Waals surface area (Å²) in [6.07, 6.45) is 8.45. The number of fused-ring (bicyclic) bond motifs is 2. The standard InChI is InChI=1S/C29H41F2N3OS/c1-6-20-14-22(8-9-23(20)25-24(19(2)3)29(25,30)31)36-13-7-12-32(5)15-21-16-33(26(35)34(21)36)28-11-10-27(4,17-28)18-28/h8-9,14,16,19,24-25,36H,6-7,10-13,15,17-18H2,1-5H3. The highest BCUT2D eigenvalue weighted by atomic mass is 32.2. The molecule has 4 saturated carbocycles. The lowest BCUT2D eigenvalue weighted by Gasteiger charge is -2.45. The van der Waals surface area contributed by atoms with Crippen LogP contribution in [-0.2, 0) is 18.5 Å². The highest BCUT2D eigenvalue weighted by molar-refractivity contribution is 8.15. The molecule has 3 atom stereocenters. The molecule has 0 saturated heterocycles. The van der Waals surface area contributed by atoms with Gasteiger partial charge in [0, 0.05) is 23.6 Å². The third-order valence-corrected chi connectivity index (χ3v) is 12.2. The van der Waals surface area contributed by atoms with Crippen LogP contribution in [0.25, 0.3) is 0 Å². The van der Waals surface area contributed by atoms with Crippen LogP contribution in [0.3, 0.4) is 0 Å². The SMILES string of the molecule is CCc1cc([SH]2CCCN(C)Cc3cn(C45CCC(C)(C4)C5)c(=O)n32)ccc1C1C(C(C)C)C1(F)F. The highest BCUT2D eigenvalue weighted by Gasteiger charge is 2.69. The lowest BCUT2D eigenvalue weighted by atomic mass is 9.66. The minimum absolute atomic E-state index is 0.00130. The Kier molecular flexibility index (Phi) is 5.63. The Morgan fingerprint density at radius 2 is 1.94 bits per heavy atom. The number of imidazole rings is 1. The topological polar surface area (TPSA) is 30.2 Å². The van der Waals surface area contributed by atoms with Crippen molar-refractivity contribution in [3.8, 4) is 0 Å². The summed E-state index contributed by atoms with van der Waals surface area (Å²) in [6.45, 7) is 10.0. The van der Waals surface area contributed by atoms with E-state index in [1.807, 2.05) is 19.9 Å². The Balaban J connectivity index is 1.41. The summed E-state index contributed by atoms with van der Waals surface area (Å²) in [7, 11) is 2.14. The van der Waals surface area contributed by atoms with Crippen molar-refractivity contribution in [2.75, 3.05) is 19.3 Å². The van der Waals surface area contributed by atoms with Gasteiger partial charge in [-0.25, -0.2) is 13.6 Å². The fourth-order valence-corrected chi connectivity index (χ4v) is 10.4. The third kappa shape index (κ3) is 3.58. The Bertz CT molecular complexity index is 1240. The minimum atomic E-state index is -2.62. The quantitative estimate of drug-likeness (QED) is 0.481. The molecule has 4 aliphatic carbocycles. The first kappa shape index (κ1) is 24.7. The van der Waals surface area contributed by atoms with Crippen molar-refractivity contribution < 1.29 is 8.78 Å². The number of aromatic nitrogens is 2. The van der Waals surface area contributed by atoms with Gasteiger partial charge >= 0.3 is 5.69 Å². The van der Waals surface area contributed by atoms with Crippen molar-refractivity contribution in [2.45, 2.75) is 95.0 Å². The van der Waals surface area contributed by atoms with E-state index in [4.69, 9.17) is 0 Å². The number of halogens is 2. The molecule has 7 rings (SSSR count). The zero-order chi connectivity index (χ0) is 25.6. The van der Waals surface area contributed by atoms with Crippen molar-refractivity contribution in [2.24, 2.45) is 17.3 Å². The second-order valence-electron chi connectivity index (χ2n) is 12.8. The van der Waals surface area contributed by atoms with Crippen molar-refractivity contribution in [1.29, 1.82) is 0 Å². The maximum atomic E-state index is 14.7. The molecule has 0 spiro atoms. The van der Waals surface area contributed by atoms with Gasteiger partial charge in [0.2, 0.25) is 0 Å². The first-order valence-corrected chi connectivity index (χ1v) is 15.3. The number of aryl methyl sites for hydroxylation is 1. The fourth-order valence-electron chi connectivity index (χ4n) is 8.04. The summed E-state index contributed by atoms with van der Waals surface area (Å²) in [5.41, 5.74) is 3.50. The van der Waals surface area contributed by atoms with Crippen LogP contribution in [0.4, 0.5) is 8.78 Å². The van der Waals surface area contributed by atoms with Crippen molar-refractivity contribution in [1.82, 2.24) is 13.4 Å². The summed E-state index contributed by atoms with van der Waals surface area (Å²) in [5.74, 6) is -2.95. The number of benzene rings is 1. The van der Waals surface area contributed by atoms with Crippen LogP contribution in [0.5, 0.6) is 0 Å². The summed E-state index contributed by atoms with van der Waals surface area (Å²) >= 11 is -0.889. The second-order valence-corrected chi connectivity index (χ2v) is 15.0. The monoisotopic (exact) mass is 517 g/mol. The van der Waals surface area contributed by atoms with E-state index < -0.39 is 28.8 Å². The molecule has 4 nitrogen and oxygen atoms in total. The Hall–Kier alpha value is -1.60. The van der Waals surface area contributed by atoms with E-state index in [0.717, 1.165) is 72.7 Å². The molecule has 2 aromatic rings. The fraction of sp³-hybridized carbons (Fsp3) is 0.690. The molecule has 5 aliphatic rings. The van der Waals surface area contributed by atoms with Crippen molar-refractivity contribution >= 4 is 11.1 Å². The largest absolute Gasteiger partial charge is 0.337 e. The average molecular weight is 518 g/mol. The molecule has 2 heterocycles. The predicted octanol–water partition coefficient (Wildman–Crippen LogP) is 6.17. The normalized spacial score (nSPS) is 36.3. The molecule has 1 aliphatic heterocycles. The number of alkyl halides is 2. The van der Waals surface area contributed by atoms with Crippen LogP contribution in [0, 0.1) is 17.3 Å². The third-order valence-electron chi connectivity index (χ3n) is 9.71. The molecule has 198 valence electrons. The van der Waals surface area contributed by atoms with Crippen molar-refractivity contribution in [3.05, 3.63) is 51.7 Å². The van der Waals surface area contributed by atoms with Gasteiger partial charge < -0.3 is 4.90 Å². The van der Waals surface area contributed by atoms with Crippen molar-refractivity contribution in [3.63, 3.8) is 0 Å². The Morgan fingerprint density at radius 1 is 1.19 bits per heavy atom. The predicted molar refractivity (Wildman–Crippen MR) is 144 cm³/mol. The molecule has 1 aromatic carbocycles. The van der Waals surface area contributed by atoms with E-state index in [2.05, 4.69) is 52.7 Å². The summed E-state index contributed by atoms with van der Waals surface area (Å²) < 4.78 is 33.7. The summed E-state index contributed by atoms with van der Waals surface area (Å²) in [6, 6.07) is 6.20. The van der Waals surface area contributed by atoms with E-state index in [0.29, 0.717) is 5.41 Å². The molecule has 1 aromatic heterocycles. The summed E-state index contributed by atoms with van der Waals surface area (Å²) in [5, 5.41) is 0. The Morgan fingerprint density at radius 3 is 2.56 bits per heavy atom. The van der Waals surface area contributed by atoms with E-state index in [1.165, 1.54) is 6.42 Å². The lowest BCUT2D eigenvalue weighted by Crippen LogP contribution is -2.48. The van der Waals surface area contributed by atoms with Gasteiger partial charge in [0.05, 0.1) is 17.2 Å². The maximum Gasteiger partial charge on any atom is 0.337 e.